The maximum absolute atomic E-state index is 12.5. The lowest BCUT2D eigenvalue weighted by molar-refractivity contribution is 0.201. The predicted molar refractivity (Wildman–Crippen MR) is 110 cm³/mol. The summed E-state index contributed by atoms with van der Waals surface area (Å²) in [6.07, 6.45) is 0.957. The van der Waals surface area contributed by atoms with Gasteiger partial charge in [-0.3, -0.25) is 0 Å². The highest BCUT2D eigenvalue weighted by atomic mass is 16.2. The number of hydrogen-bond donors (Lipinski definition) is 2. The zero-order chi connectivity index (χ0) is 18.6. The molecule has 0 bridgehead atoms. The van der Waals surface area contributed by atoms with E-state index < -0.39 is 0 Å². The van der Waals surface area contributed by atoms with Crippen molar-refractivity contribution in [2.45, 2.75) is 25.6 Å². The van der Waals surface area contributed by atoms with Crippen molar-refractivity contribution < 1.29 is 4.79 Å². The molecular formula is C23H25N3O. The van der Waals surface area contributed by atoms with E-state index in [1.807, 2.05) is 19.2 Å². The van der Waals surface area contributed by atoms with Crippen LogP contribution in [-0.4, -0.2) is 30.6 Å². The second kappa shape index (κ2) is 7.80. The van der Waals surface area contributed by atoms with Crippen LogP contribution < -0.4 is 10.6 Å². The van der Waals surface area contributed by atoms with Crippen molar-refractivity contribution in [1.82, 2.24) is 15.5 Å². The first kappa shape index (κ1) is 17.6. The van der Waals surface area contributed by atoms with E-state index in [-0.39, 0.29) is 12.1 Å². The van der Waals surface area contributed by atoms with Crippen LogP contribution in [0.1, 0.15) is 16.7 Å². The smallest absolute Gasteiger partial charge is 0.317 e. The Balaban J connectivity index is 1.31. The largest absolute Gasteiger partial charge is 0.334 e. The number of benzene rings is 3. The van der Waals surface area contributed by atoms with E-state index in [9.17, 15) is 4.79 Å². The highest BCUT2D eigenvalue weighted by molar-refractivity contribution is 5.83. The molecular weight excluding hydrogens is 334 g/mol. The zero-order valence-electron chi connectivity index (χ0n) is 15.6. The van der Waals surface area contributed by atoms with Crippen molar-refractivity contribution in [2.24, 2.45) is 0 Å². The number of rotatable bonds is 4. The number of carbonyl (C=O) groups excluding carboxylic acids is 1. The minimum absolute atomic E-state index is 0.0381. The summed E-state index contributed by atoms with van der Waals surface area (Å²) in [6.45, 7) is 2.10. The van der Waals surface area contributed by atoms with E-state index in [1.165, 1.54) is 21.9 Å². The molecule has 0 saturated carbocycles. The number of nitrogens with zero attached hydrogens (tertiary/aromatic N) is 1. The van der Waals surface area contributed by atoms with Crippen LogP contribution in [0.15, 0.2) is 66.7 Å². The van der Waals surface area contributed by atoms with Gasteiger partial charge in [-0.15, -0.1) is 0 Å². The number of urea groups is 1. The Morgan fingerprint density at radius 2 is 1.78 bits per heavy atom. The molecule has 1 aliphatic heterocycles. The fourth-order valence-corrected chi connectivity index (χ4v) is 3.72. The molecule has 4 heteroatoms. The molecule has 4 nitrogen and oxygen atoms in total. The van der Waals surface area contributed by atoms with Crippen LogP contribution in [0.5, 0.6) is 0 Å². The Hall–Kier alpha value is -2.85. The molecule has 4 rings (SSSR count). The van der Waals surface area contributed by atoms with E-state index in [0.717, 1.165) is 18.5 Å². The van der Waals surface area contributed by atoms with Gasteiger partial charge in [0.2, 0.25) is 0 Å². The van der Waals surface area contributed by atoms with Crippen molar-refractivity contribution in [1.29, 1.82) is 0 Å². The van der Waals surface area contributed by atoms with Gasteiger partial charge < -0.3 is 15.5 Å². The minimum atomic E-state index is -0.0381. The topological polar surface area (TPSA) is 44.4 Å². The molecule has 0 fully saturated rings. The van der Waals surface area contributed by atoms with Crippen LogP contribution in [0.4, 0.5) is 4.79 Å². The Kier molecular flexibility index (Phi) is 5.07. The molecule has 27 heavy (non-hydrogen) atoms. The van der Waals surface area contributed by atoms with E-state index in [2.05, 4.69) is 65.2 Å². The molecule has 0 radical (unpaired) electrons. The lowest BCUT2D eigenvalue weighted by Gasteiger charge is -2.30. The molecule has 0 saturated heterocycles. The number of amides is 2. The Morgan fingerprint density at radius 3 is 2.63 bits per heavy atom. The van der Waals surface area contributed by atoms with E-state index in [1.54, 1.807) is 4.90 Å². The monoisotopic (exact) mass is 359 g/mol. The lowest BCUT2D eigenvalue weighted by Crippen LogP contribution is -2.47. The first-order chi connectivity index (χ1) is 13.2. The summed E-state index contributed by atoms with van der Waals surface area (Å²) in [5.74, 6) is 0. The number of hydrogen-bond acceptors (Lipinski definition) is 2. The molecule has 1 atom stereocenters. The summed E-state index contributed by atoms with van der Waals surface area (Å²) in [6, 6.07) is 23.3. The normalized spacial score (nSPS) is 16.0. The van der Waals surface area contributed by atoms with Gasteiger partial charge in [0.15, 0.2) is 0 Å². The van der Waals surface area contributed by atoms with Crippen LogP contribution in [0.2, 0.25) is 0 Å². The third-order valence-corrected chi connectivity index (χ3v) is 5.26. The predicted octanol–water partition coefficient (Wildman–Crippen LogP) is 3.70. The lowest BCUT2D eigenvalue weighted by atomic mass is 9.96. The molecule has 0 aromatic heterocycles. The van der Waals surface area contributed by atoms with Crippen LogP contribution >= 0.6 is 0 Å². The fourth-order valence-electron chi connectivity index (χ4n) is 3.72. The molecule has 1 heterocycles. The van der Waals surface area contributed by atoms with Crippen molar-refractivity contribution in [3.8, 4) is 0 Å². The molecule has 2 amide bonds. The molecule has 0 unspecified atom stereocenters. The summed E-state index contributed by atoms with van der Waals surface area (Å²) < 4.78 is 0. The van der Waals surface area contributed by atoms with Crippen molar-refractivity contribution in [3.05, 3.63) is 83.4 Å². The van der Waals surface area contributed by atoms with Gasteiger partial charge in [-0.05, 0) is 39.9 Å². The minimum Gasteiger partial charge on any atom is -0.334 e. The quantitative estimate of drug-likeness (QED) is 0.746. The number of likely N-dealkylation sites (N-methyl/N-ethyl adjacent to an activating group) is 1. The first-order valence-corrected chi connectivity index (χ1v) is 9.46. The molecule has 1 aliphatic rings. The summed E-state index contributed by atoms with van der Waals surface area (Å²) in [5, 5.41) is 8.98. The number of nitrogens with one attached hydrogen (secondary N) is 2. The van der Waals surface area contributed by atoms with Crippen LogP contribution in [0.25, 0.3) is 10.8 Å². The van der Waals surface area contributed by atoms with Crippen LogP contribution in [0, 0.1) is 0 Å². The number of fused-ring (bicyclic) bond motifs is 2. The second-order valence-corrected chi connectivity index (χ2v) is 7.27. The molecule has 0 aliphatic carbocycles. The van der Waals surface area contributed by atoms with Crippen molar-refractivity contribution in [2.75, 3.05) is 13.6 Å². The van der Waals surface area contributed by atoms with Crippen molar-refractivity contribution in [3.63, 3.8) is 0 Å². The third-order valence-electron chi connectivity index (χ3n) is 5.26. The summed E-state index contributed by atoms with van der Waals surface area (Å²) in [7, 11) is 1.86. The van der Waals surface area contributed by atoms with Gasteiger partial charge in [0.1, 0.15) is 0 Å². The maximum Gasteiger partial charge on any atom is 0.317 e. The van der Waals surface area contributed by atoms with Gasteiger partial charge in [0, 0.05) is 32.7 Å². The van der Waals surface area contributed by atoms with E-state index in [4.69, 9.17) is 0 Å². The summed E-state index contributed by atoms with van der Waals surface area (Å²) >= 11 is 0. The van der Waals surface area contributed by atoms with E-state index in [0.29, 0.717) is 13.1 Å². The van der Waals surface area contributed by atoms with Gasteiger partial charge in [-0.1, -0.05) is 60.7 Å². The average Bonchev–Trinajstić information content (AvgIpc) is 2.71. The Morgan fingerprint density at radius 1 is 1.04 bits per heavy atom. The van der Waals surface area contributed by atoms with Gasteiger partial charge in [0.05, 0.1) is 0 Å². The summed E-state index contributed by atoms with van der Waals surface area (Å²) in [4.78, 5) is 14.3. The molecule has 0 spiro atoms. The van der Waals surface area contributed by atoms with Gasteiger partial charge in [-0.25, -0.2) is 4.79 Å². The van der Waals surface area contributed by atoms with Gasteiger partial charge in [0.25, 0.3) is 0 Å². The summed E-state index contributed by atoms with van der Waals surface area (Å²) in [5.41, 5.74) is 3.85. The second-order valence-electron chi connectivity index (χ2n) is 7.27. The van der Waals surface area contributed by atoms with Crippen LogP contribution in [-0.2, 0) is 19.5 Å². The van der Waals surface area contributed by atoms with Gasteiger partial charge in [-0.2, -0.15) is 0 Å². The SMILES string of the molecule is CN(C[C@@H]1Cc2ccccc2CN1)C(=O)NCc1ccc2ccccc2c1. The first-order valence-electron chi connectivity index (χ1n) is 9.46. The van der Waals surface area contributed by atoms with E-state index >= 15 is 0 Å². The van der Waals surface area contributed by atoms with Gasteiger partial charge >= 0.3 is 6.03 Å². The molecule has 2 N–H and O–H groups in total. The highest BCUT2D eigenvalue weighted by Gasteiger charge is 2.20. The third kappa shape index (κ3) is 4.12. The fraction of sp³-hybridized carbons (Fsp3) is 0.261. The maximum atomic E-state index is 12.5. The van der Waals surface area contributed by atoms with Crippen molar-refractivity contribution >= 4 is 16.8 Å². The highest BCUT2D eigenvalue weighted by Crippen LogP contribution is 2.17. The Labute approximate surface area is 160 Å². The standard InChI is InChI=1S/C23H25N3O/c1-26(16-22-13-20-8-4-5-9-21(20)15-24-22)23(27)25-14-17-10-11-18-6-2-3-7-19(18)12-17/h2-12,22,24H,13-16H2,1H3,(H,25,27)/t22-/m0/s1. The Bertz CT molecular complexity index is 953. The molecule has 138 valence electrons. The zero-order valence-corrected chi connectivity index (χ0v) is 15.6. The average molecular weight is 359 g/mol. The molecule has 3 aromatic carbocycles. The number of carbonyl (C=O) groups is 1. The molecule has 3 aromatic rings. The van der Waals surface area contributed by atoms with Crippen LogP contribution in [0.3, 0.4) is 0 Å².